The summed E-state index contributed by atoms with van der Waals surface area (Å²) in [6.45, 7) is 5.40. The average molecular weight is 369 g/mol. The van der Waals surface area contributed by atoms with E-state index in [9.17, 15) is 9.59 Å². The van der Waals surface area contributed by atoms with Crippen LogP contribution in [0.25, 0.3) is 0 Å². The number of hydrogen-bond acceptors (Lipinski definition) is 4. The summed E-state index contributed by atoms with van der Waals surface area (Å²) >= 11 is 0. The highest BCUT2D eigenvalue weighted by Gasteiger charge is 2.02. The predicted molar refractivity (Wildman–Crippen MR) is 107 cm³/mol. The second-order valence-electron chi connectivity index (χ2n) is 6.86. The maximum atomic E-state index is 11.6. The van der Waals surface area contributed by atoms with E-state index in [1.54, 1.807) is 12.2 Å². The number of carbonyl (C=O) groups excluding carboxylic acids is 2. The van der Waals surface area contributed by atoms with Gasteiger partial charge in [0.25, 0.3) is 0 Å². The standard InChI is InChI=1S/C22H40O4/c1-3-5-7-9-11-15-19-25-21(23)17-13-14-18-22(24)26-20-16-12-10-8-6-4-2/h13-14H,3-12,15-20H2,1-2H3. The van der Waals surface area contributed by atoms with Crippen LogP contribution in [0.15, 0.2) is 12.2 Å². The first kappa shape index (κ1) is 24.7. The molecule has 0 unspecified atom stereocenters. The van der Waals surface area contributed by atoms with E-state index < -0.39 is 0 Å². The van der Waals surface area contributed by atoms with Gasteiger partial charge in [-0.2, -0.15) is 0 Å². The van der Waals surface area contributed by atoms with Crippen LogP contribution in [0.1, 0.15) is 104 Å². The van der Waals surface area contributed by atoms with Gasteiger partial charge in [-0.3, -0.25) is 9.59 Å². The Bertz CT molecular complexity index is 329. The highest BCUT2D eigenvalue weighted by Crippen LogP contribution is 2.06. The molecule has 0 heterocycles. The highest BCUT2D eigenvalue weighted by molar-refractivity contribution is 5.73. The molecule has 0 fully saturated rings. The van der Waals surface area contributed by atoms with Crippen molar-refractivity contribution in [2.75, 3.05) is 13.2 Å². The van der Waals surface area contributed by atoms with E-state index in [4.69, 9.17) is 9.47 Å². The fraction of sp³-hybridized carbons (Fsp3) is 0.818. The molecular formula is C22H40O4. The van der Waals surface area contributed by atoms with Gasteiger partial charge in [0.1, 0.15) is 0 Å². The van der Waals surface area contributed by atoms with Crippen molar-refractivity contribution in [1.29, 1.82) is 0 Å². The van der Waals surface area contributed by atoms with Crippen LogP contribution in [-0.2, 0) is 19.1 Å². The Kier molecular flexibility index (Phi) is 19.0. The average Bonchev–Trinajstić information content (AvgIpc) is 2.64. The zero-order chi connectivity index (χ0) is 19.3. The Balaban J connectivity index is 3.43. The third kappa shape index (κ3) is 19.0. The molecule has 0 aliphatic heterocycles. The van der Waals surface area contributed by atoms with Crippen LogP contribution in [0, 0.1) is 0 Å². The quantitative estimate of drug-likeness (QED) is 0.166. The van der Waals surface area contributed by atoms with Crippen molar-refractivity contribution in [2.24, 2.45) is 0 Å². The second-order valence-corrected chi connectivity index (χ2v) is 6.86. The van der Waals surface area contributed by atoms with E-state index in [1.165, 1.54) is 51.4 Å². The first-order chi connectivity index (χ1) is 12.7. The Hall–Kier alpha value is -1.32. The second kappa shape index (κ2) is 20.0. The molecule has 0 N–H and O–H groups in total. The van der Waals surface area contributed by atoms with Crippen LogP contribution in [0.2, 0.25) is 0 Å². The molecule has 0 bridgehead atoms. The minimum Gasteiger partial charge on any atom is -0.465 e. The SMILES string of the molecule is CCCCCCCCOC(=O)CC=CCC(=O)OCCCCCCCC. The van der Waals surface area contributed by atoms with Gasteiger partial charge in [0, 0.05) is 0 Å². The Morgan fingerprint density at radius 1 is 0.577 bits per heavy atom. The maximum absolute atomic E-state index is 11.6. The minimum absolute atomic E-state index is 0.223. The molecule has 4 nitrogen and oxygen atoms in total. The molecule has 0 aliphatic carbocycles. The van der Waals surface area contributed by atoms with Gasteiger partial charge >= 0.3 is 11.9 Å². The summed E-state index contributed by atoms with van der Waals surface area (Å²) < 4.78 is 10.3. The highest BCUT2D eigenvalue weighted by atomic mass is 16.5. The van der Waals surface area contributed by atoms with E-state index in [0.717, 1.165) is 25.7 Å². The van der Waals surface area contributed by atoms with Gasteiger partial charge in [-0.05, 0) is 12.8 Å². The largest absolute Gasteiger partial charge is 0.465 e. The van der Waals surface area contributed by atoms with Gasteiger partial charge < -0.3 is 9.47 Å². The van der Waals surface area contributed by atoms with E-state index in [1.807, 2.05) is 0 Å². The lowest BCUT2D eigenvalue weighted by atomic mass is 10.1. The smallest absolute Gasteiger partial charge is 0.309 e. The molecule has 0 aromatic carbocycles. The topological polar surface area (TPSA) is 52.6 Å². The molecule has 0 atom stereocenters. The van der Waals surface area contributed by atoms with Crippen molar-refractivity contribution in [3.8, 4) is 0 Å². The van der Waals surface area contributed by atoms with E-state index in [-0.39, 0.29) is 24.8 Å². The van der Waals surface area contributed by atoms with Crippen LogP contribution in [0.4, 0.5) is 0 Å². The summed E-state index contributed by atoms with van der Waals surface area (Å²) in [5, 5.41) is 0. The molecule has 0 amide bonds. The Morgan fingerprint density at radius 3 is 1.31 bits per heavy atom. The number of hydrogen-bond donors (Lipinski definition) is 0. The fourth-order valence-electron chi connectivity index (χ4n) is 2.61. The third-order valence-corrected chi connectivity index (χ3v) is 4.26. The zero-order valence-electron chi connectivity index (χ0n) is 17.1. The maximum Gasteiger partial charge on any atom is 0.309 e. The molecule has 0 spiro atoms. The summed E-state index contributed by atoms with van der Waals surface area (Å²) in [6.07, 6.45) is 17.9. The molecule has 152 valence electrons. The third-order valence-electron chi connectivity index (χ3n) is 4.26. The van der Waals surface area contributed by atoms with Gasteiger partial charge in [0.05, 0.1) is 26.1 Å². The molecule has 4 heteroatoms. The van der Waals surface area contributed by atoms with Crippen molar-refractivity contribution in [3.63, 3.8) is 0 Å². The zero-order valence-corrected chi connectivity index (χ0v) is 17.1. The fourth-order valence-corrected chi connectivity index (χ4v) is 2.61. The number of esters is 2. The van der Waals surface area contributed by atoms with Crippen LogP contribution in [0.3, 0.4) is 0 Å². The normalized spacial score (nSPS) is 11.0. The molecular weight excluding hydrogens is 328 g/mol. The van der Waals surface area contributed by atoms with E-state index in [0.29, 0.717) is 13.2 Å². The van der Waals surface area contributed by atoms with Crippen LogP contribution in [-0.4, -0.2) is 25.2 Å². The van der Waals surface area contributed by atoms with Crippen LogP contribution >= 0.6 is 0 Å². The van der Waals surface area contributed by atoms with Crippen LogP contribution in [0.5, 0.6) is 0 Å². The van der Waals surface area contributed by atoms with Gasteiger partial charge in [-0.1, -0.05) is 90.2 Å². The number of rotatable bonds is 18. The van der Waals surface area contributed by atoms with Crippen molar-refractivity contribution in [2.45, 2.75) is 104 Å². The summed E-state index contributed by atoms with van der Waals surface area (Å²) in [6, 6.07) is 0. The lowest BCUT2D eigenvalue weighted by molar-refractivity contribution is -0.144. The molecule has 0 saturated carbocycles. The van der Waals surface area contributed by atoms with E-state index >= 15 is 0 Å². The number of unbranched alkanes of at least 4 members (excludes halogenated alkanes) is 10. The van der Waals surface area contributed by atoms with Gasteiger partial charge in [-0.15, -0.1) is 0 Å². The molecule has 0 saturated heterocycles. The molecule has 0 radical (unpaired) electrons. The van der Waals surface area contributed by atoms with Gasteiger partial charge in [0.15, 0.2) is 0 Å². The minimum atomic E-state index is -0.227. The first-order valence-electron chi connectivity index (χ1n) is 10.7. The van der Waals surface area contributed by atoms with Gasteiger partial charge in [0.2, 0.25) is 0 Å². The number of ether oxygens (including phenoxy) is 2. The Labute approximate surface area is 160 Å². The summed E-state index contributed by atoms with van der Waals surface area (Å²) in [7, 11) is 0. The lowest BCUT2D eigenvalue weighted by Crippen LogP contribution is -2.05. The summed E-state index contributed by atoms with van der Waals surface area (Å²) in [5.74, 6) is -0.453. The molecule has 0 aromatic heterocycles. The van der Waals surface area contributed by atoms with E-state index in [2.05, 4.69) is 13.8 Å². The molecule has 0 aliphatic rings. The van der Waals surface area contributed by atoms with Crippen molar-refractivity contribution >= 4 is 11.9 Å². The molecule has 0 rings (SSSR count). The number of carbonyl (C=O) groups is 2. The summed E-state index contributed by atoms with van der Waals surface area (Å²) in [5.41, 5.74) is 0. The first-order valence-corrected chi connectivity index (χ1v) is 10.7. The summed E-state index contributed by atoms with van der Waals surface area (Å²) in [4.78, 5) is 23.1. The molecule has 26 heavy (non-hydrogen) atoms. The Morgan fingerprint density at radius 2 is 0.923 bits per heavy atom. The molecule has 0 aromatic rings. The van der Waals surface area contributed by atoms with Crippen molar-refractivity contribution in [3.05, 3.63) is 12.2 Å². The van der Waals surface area contributed by atoms with Crippen molar-refractivity contribution in [1.82, 2.24) is 0 Å². The van der Waals surface area contributed by atoms with Crippen molar-refractivity contribution < 1.29 is 19.1 Å². The van der Waals surface area contributed by atoms with Gasteiger partial charge in [-0.25, -0.2) is 0 Å². The lowest BCUT2D eigenvalue weighted by Gasteiger charge is -2.04. The monoisotopic (exact) mass is 368 g/mol. The van der Waals surface area contributed by atoms with Crippen LogP contribution < -0.4 is 0 Å². The predicted octanol–water partition coefficient (Wildman–Crippen LogP) is 6.13.